The van der Waals surface area contributed by atoms with E-state index in [0.717, 1.165) is 22.0 Å². The molecule has 1 aromatic carbocycles. The third-order valence-corrected chi connectivity index (χ3v) is 5.85. The Kier molecular flexibility index (Phi) is 4.39. The van der Waals surface area contributed by atoms with Crippen LogP contribution in [-0.4, -0.2) is 36.9 Å². The molecular weight excluding hydrogens is 430 g/mol. The normalized spacial score (nSPS) is 16.1. The number of nitrogens with zero attached hydrogens (tertiary/aromatic N) is 5. The van der Waals surface area contributed by atoms with Crippen molar-refractivity contribution in [1.29, 1.82) is 0 Å². The number of amides is 1. The molecule has 0 spiro atoms. The highest BCUT2D eigenvalue weighted by molar-refractivity contribution is 9.10. The summed E-state index contributed by atoms with van der Waals surface area (Å²) in [6.07, 6.45) is 7.97. The predicted octanol–water partition coefficient (Wildman–Crippen LogP) is 4.31. The van der Waals surface area contributed by atoms with Crippen LogP contribution in [0.15, 0.2) is 65.7 Å². The van der Waals surface area contributed by atoms with Crippen LogP contribution in [0.4, 0.5) is 0 Å². The zero-order valence-corrected chi connectivity index (χ0v) is 17.4. The van der Waals surface area contributed by atoms with E-state index in [2.05, 4.69) is 62.2 Å². The molecule has 1 atom stereocenters. The molecule has 0 saturated heterocycles. The largest absolute Gasteiger partial charge is 0.330 e. The third kappa shape index (κ3) is 3.21. The van der Waals surface area contributed by atoms with E-state index >= 15 is 0 Å². The van der Waals surface area contributed by atoms with Gasteiger partial charge in [0.15, 0.2) is 11.3 Å². The molecular formula is C22H18BrN5O. The van der Waals surface area contributed by atoms with Crippen LogP contribution in [0.2, 0.25) is 0 Å². The molecule has 6 nitrogen and oxygen atoms in total. The van der Waals surface area contributed by atoms with Gasteiger partial charge < -0.3 is 4.90 Å². The van der Waals surface area contributed by atoms with Gasteiger partial charge in [0, 0.05) is 37.4 Å². The Morgan fingerprint density at radius 3 is 2.90 bits per heavy atom. The molecule has 0 saturated carbocycles. The Labute approximate surface area is 176 Å². The minimum Gasteiger partial charge on any atom is -0.330 e. The summed E-state index contributed by atoms with van der Waals surface area (Å²) in [5.41, 5.74) is 5.79. The molecule has 3 aromatic heterocycles. The maximum Gasteiger partial charge on any atom is 0.274 e. The van der Waals surface area contributed by atoms with Crippen molar-refractivity contribution in [1.82, 2.24) is 24.5 Å². The van der Waals surface area contributed by atoms with Crippen LogP contribution in [0.1, 0.15) is 34.6 Å². The highest BCUT2D eigenvalue weighted by Gasteiger charge is 2.30. The lowest BCUT2D eigenvalue weighted by Crippen LogP contribution is -2.39. The Balaban J connectivity index is 1.44. The fourth-order valence-electron chi connectivity index (χ4n) is 3.93. The molecule has 1 amide bonds. The molecule has 5 rings (SSSR count). The van der Waals surface area contributed by atoms with Gasteiger partial charge in [-0.05, 0) is 57.6 Å². The van der Waals surface area contributed by atoms with Crippen LogP contribution in [-0.2, 0) is 6.42 Å². The molecule has 7 heteroatoms. The second kappa shape index (κ2) is 7.08. The fourth-order valence-corrected chi connectivity index (χ4v) is 4.22. The number of hydrogen-bond acceptors (Lipinski definition) is 4. The van der Waals surface area contributed by atoms with Gasteiger partial charge in [-0.1, -0.05) is 24.3 Å². The lowest BCUT2D eigenvalue weighted by molar-refractivity contribution is 0.0671. The Morgan fingerprint density at radius 2 is 2.07 bits per heavy atom. The fraction of sp³-hybridized carbons (Fsp3) is 0.182. The van der Waals surface area contributed by atoms with E-state index in [1.807, 2.05) is 17.2 Å². The number of aromatic nitrogens is 4. The smallest absolute Gasteiger partial charge is 0.274 e. The molecule has 0 bridgehead atoms. The van der Waals surface area contributed by atoms with Crippen LogP contribution in [0, 0.1) is 0 Å². The first-order valence-electron chi connectivity index (χ1n) is 9.45. The minimum absolute atomic E-state index is 0.0151. The number of fused-ring (bicyclic) bond motifs is 2. The van der Waals surface area contributed by atoms with Crippen LogP contribution < -0.4 is 0 Å². The topological polar surface area (TPSA) is 63.4 Å². The predicted molar refractivity (Wildman–Crippen MR) is 114 cm³/mol. The molecule has 0 radical (unpaired) electrons. The van der Waals surface area contributed by atoms with Crippen molar-refractivity contribution < 1.29 is 4.79 Å². The van der Waals surface area contributed by atoms with E-state index in [1.54, 1.807) is 29.2 Å². The first kappa shape index (κ1) is 18.0. The van der Waals surface area contributed by atoms with Crippen molar-refractivity contribution in [3.8, 4) is 11.1 Å². The first-order valence-corrected chi connectivity index (χ1v) is 10.2. The standard InChI is InChI=1S/C22H18BrN5O/c1-14-19-5-4-15(17-3-2-7-24-11-17)9-16(19)6-8-27(14)22(29)20-10-21-25-12-18(23)13-28(21)26-20/h2-5,7,9-14H,6,8H2,1H3. The van der Waals surface area contributed by atoms with E-state index in [0.29, 0.717) is 17.9 Å². The lowest BCUT2D eigenvalue weighted by Gasteiger charge is -2.35. The summed E-state index contributed by atoms with van der Waals surface area (Å²) in [7, 11) is 0. The average molecular weight is 448 g/mol. The van der Waals surface area contributed by atoms with E-state index in [1.165, 1.54) is 11.1 Å². The number of carbonyl (C=O) groups excluding carboxylic acids is 1. The van der Waals surface area contributed by atoms with Crippen molar-refractivity contribution >= 4 is 27.5 Å². The van der Waals surface area contributed by atoms with Gasteiger partial charge in [0.05, 0.1) is 10.5 Å². The number of carbonyl (C=O) groups is 1. The van der Waals surface area contributed by atoms with Gasteiger partial charge in [-0.25, -0.2) is 9.50 Å². The van der Waals surface area contributed by atoms with Crippen molar-refractivity contribution in [3.63, 3.8) is 0 Å². The monoisotopic (exact) mass is 447 g/mol. The number of hydrogen-bond donors (Lipinski definition) is 0. The van der Waals surface area contributed by atoms with E-state index in [-0.39, 0.29) is 11.9 Å². The summed E-state index contributed by atoms with van der Waals surface area (Å²) < 4.78 is 2.44. The summed E-state index contributed by atoms with van der Waals surface area (Å²) in [5.74, 6) is -0.0684. The molecule has 0 fully saturated rings. The zero-order valence-electron chi connectivity index (χ0n) is 15.8. The quantitative estimate of drug-likeness (QED) is 0.459. The van der Waals surface area contributed by atoms with Gasteiger partial charge in [0.1, 0.15) is 0 Å². The Bertz CT molecular complexity index is 1220. The maximum atomic E-state index is 13.2. The van der Waals surface area contributed by atoms with Gasteiger partial charge in [0.25, 0.3) is 5.91 Å². The van der Waals surface area contributed by atoms with Gasteiger partial charge >= 0.3 is 0 Å². The van der Waals surface area contributed by atoms with Crippen molar-refractivity contribution in [3.05, 3.63) is 82.5 Å². The van der Waals surface area contributed by atoms with Crippen LogP contribution in [0.25, 0.3) is 16.8 Å². The van der Waals surface area contributed by atoms with Crippen LogP contribution in [0.3, 0.4) is 0 Å². The summed E-state index contributed by atoms with van der Waals surface area (Å²) >= 11 is 3.38. The molecule has 144 valence electrons. The molecule has 29 heavy (non-hydrogen) atoms. The Morgan fingerprint density at radius 1 is 1.17 bits per heavy atom. The summed E-state index contributed by atoms with van der Waals surface area (Å²) in [6.45, 7) is 2.73. The van der Waals surface area contributed by atoms with E-state index in [4.69, 9.17) is 0 Å². The molecule has 0 aliphatic carbocycles. The van der Waals surface area contributed by atoms with E-state index < -0.39 is 0 Å². The van der Waals surface area contributed by atoms with Gasteiger partial charge in [-0.2, -0.15) is 5.10 Å². The summed E-state index contributed by atoms with van der Waals surface area (Å²) in [5, 5.41) is 4.42. The highest BCUT2D eigenvalue weighted by Crippen LogP contribution is 2.33. The number of pyridine rings is 1. The maximum absolute atomic E-state index is 13.2. The second-order valence-corrected chi connectivity index (χ2v) is 8.10. The SMILES string of the molecule is CC1c2ccc(-c3cccnc3)cc2CCN1C(=O)c1cc2ncc(Br)cn2n1. The first-order chi connectivity index (χ1) is 14.1. The zero-order chi connectivity index (χ0) is 20.0. The Hall–Kier alpha value is -3.06. The van der Waals surface area contributed by atoms with Crippen molar-refractivity contribution in [2.45, 2.75) is 19.4 Å². The second-order valence-electron chi connectivity index (χ2n) is 7.18. The van der Waals surface area contributed by atoms with Gasteiger partial charge in [0.2, 0.25) is 0 Å². The molecule has 0 N–H and O–H groups in total. The highest BCUT2D eigenvalue weighted by atomic mass is 79.9. The van der Waals surface area contributed by atoms with Crippen molar-refractivity contribution in [2.75, 3.05) is 6.54 Å². The third-order valence-electron chi connectivity index (χ3n) is 5.44. The molecule has 4 heterocycles. The van der Waals surface area contributed by atoms with Crippen LogP contribution >= 0.6 is 15.9 Å². The van der Waals surface area contributed by atoms with E-state index in [9.17, 15) is 4.79 Å². The van der Waals surface area contributed by atoms with Gasteiger partial charge in [-0.3, -0.25) is 9.78 Å². The van der Waals surface area contributed by atoms with Crippen molar-refractivity contribution in [2.24, 2.45) is 0 Å². The molecule has 1 aliphatic heterocycles. The lowest BCUT2D eigenvalue weighted by atomic mass is 9.90. The number of benzene rings is 1. The number of halogens is 1. The average Bonchev–Trinajstić information content (AvgIpc) is 3.17. The minimum atomic E-state index is -0.0684. The van der Waals surface area contributed by atoms with Gasteiger partial charge in [-0.15, -0.1) is 0 Å². The molecule has 4 aromatic rings. The summed E-state index contributed by atoms with van der Waals surface area (Å²) in [6, 6.07) is 12.2. The molecule has 1 aliphatic rings. The number of rotatable bonds is 2. The summed E-state index contributed by atoms with van der Waals surface area (Å²) in [4.78, 5) is 23.6. The molecule has 1 unspecified atom stereocenters. The van der Waals surface area contributed by atoms with Crippen LogP contribution in [0.5, 0.6) is 0 Å².